The normalized spacial score (nSPS) is 16.3. The third-order valence-corrected chi connectivity index (χ3v) is 4.68. The molecule has 1 atom stereocenters. The van der Waals surface area contributed by atoms with Gasteiger partial charge in [-0.2, -0.15) is 5.26 Å². The van der Waals surface area contributed by atoms with Gasteiger partial charge in [0.2, 0.25) is 0 Å². The van der Waals surface area contributed by atoms with Crippen molar-refractivity contribution in [3.63, 3.8) is 0 Å². The number of nitriles is 1. The second-order valence-corrected chi connectivity index (χ2v) is 6.41. The van der Waals surface area contributed by atoms with Crippen LogP contribution in [0.1, 0.15) is 29.9 Å². The maximum atomic E-state index is 14.4. The molecule has 144 valence electrons. The number of rotatable bonds is 4. The molecule has 1 saturated heterocycles. The fraction of sp³-hybridized carbons (Fsp3) is 0.263. The Hall–Kier alpha value is -3.67. The number of piperidine rings is 1. The van der Waals surface area contributed by atoms with Gasteiger partial charge in [-0.15, -0.1) is 0 Å². The van der Waals surface area contributed by atoms with E-state index in [-0.39, 0.29) is 22.9 Å². The van der Waals surface area contributed by atoms with E-state index in [9.17, 15) is 19.3 Å². The molecule has 1 heterocycles. The topological polar surface area (TPSA) is 117 Å². The molecule has 9 heteroatoms. The molecule has 1 N–H and O–H groups in total. The number of benzene rings is 2. The molecule has 2 aromatic carbocycles. The molecule has 3 rings (SSSR count). The molecule has 0 amide bonds. The van der Waals surface area contributed by atoms with Crippen LogP contribution in [0.2, 0.25) is 0 Å². The molecule has 1 unspecified atom stereocenters. The van der Waals surface area contributed by atoms with E-state index in [4.69, 9.17) is 15.1 Å². The maximum Gasteiger partial charge on any atom is 0.511 e. The van der Waals surface area contributed by atoms with Gasteiger partial charge in [0.25, 0.3) is 5.69 Å². The summed E-state index contributed by atoms with van der Waals surface area (Å²) < 4.78 is 19.2. The smallest absolute Gasteiger partial charge is 0.449 e. The fourth-order valence-corrected chi connectivity index (χ4v) is 3.44. The summed E-state index contributed by atoms with van der Waals surface area (Å²) in [4.78, 5) is 23.3. The van der Waals surface area contributed by atoms with Crippen molar-refractivity contribution in [2.45, 2.75) is 18.8 Å². The zero-order valence-corrected chi connectivity index (χ0v) is 14.7. The number of carboxylic acid groups (broad SMARTS) is 1. The number of ether oxygens (including phenoxy) is 1. The summed E-state index contributed by atoms with van der Waals surface area (Å²) in [6.45, 7) is 0.906. The molecule has 28 heavy (non-hydrogen) atoms. The van der Waals surface area contributed by atoms with E-state index in [1.54, 1.807) is 4.90 Å². The molecule has 8 nitrogen and oxygen atoms in total. The van der Waals surface area contributed by atoms with Crippen LogP contribution >= 0.6 is 0 Å². The molecule has 2 aromatic rings. The van der Waals surface area contributed by atoms with Gasteiger partial charge < -0.3 is 14.7 Å². The average Bonchev–Trinajstić information content (AvgIpc) is 2.67. The molecule has 1 aliphatic rings. The highest BCUT2D eigenvalue weighted by Gasteiger charge is 2.28. The largest absolute Gasteiger partial charge is 0.511 e. The highest BCUT2D eigenvalue weighted by Crippen LogP contribution is 2.37. The summed E-state index contributed by atoms with van der Waals surface area (Å²) in [6, 6.07) is 9.84. The molecular weight excluding hydrogens is 369 g/mol. The minimum absolute atomic E-state index is 0.0326. The van der Waals surface area contributed by atoms with Crippen molar-refractivity contribution in [2.24, 2.45) is 0 Å². The van der Waals surface area contributed by atoms with Crippen LogP contribution in [0.4, 0.5) is 20.6 Å². The molecular formula is C19H16FN3O5. The van der Waals surface area contributed by atoms with E-state index >= 15 is 0 Å². The van der Waals surface area contributed by atoms with Gasteiger partial charge in [-0.3, -0.25) is 10.1 Å². The van der Waals surface area contributed by atoms with Gasteiger partial charge >= 0.3 is 6.16 Å². The van der Waals surface area contributed by atoms with Crippen molar-refractivity contribution in [3.8, 4) is 11.8 Å². The first kappa shape index (κ1) is 19.1. The van der Waals surface area contributed by atoms with Gasteiger partial charge in [0, 0.05) is 36.7 Å². The van der Waals surface area contributed by atoms with Crippen molar-refractivity contribution in [1.82, 2.24) is 0 Å². The Morgan fingerprint density at radius 1 is 1.36 bits per heavy atom. The molecule has 0 saturated carbocycles. The standard InChI is InChI=1S/C19H16FN3O5/c20-16-8-12(10-21)3-5-17(16)22-7-1-2-13(11-22)15-9-14(23(26)27)4-6-18(15)28-19(24)25/h3-6,8-9,13H,1-2,7,11H2,(H,24,25). The van der Waals surface area contributed by atoms with Crippen molar-refractivity contribution >= 4 is 17.5 Å². The molecule has 1 fully saturated rings. The molecule has 0 aromatic heterocycles. The summed E-state index contributed by atoms with van der Waals surface area (Å²) in [5.41, 5.74) is 0.769. The number of hydrogen-bond donors (Lipinski definition) is 1. The van der Waals surface area contributed by atoms with Crippen LogP contribution in [-0.4, -0.2) is 29.3 Å². The number of halogens is 1. The highest BCUT2D eigenvalue weighted by atomic mass is 19.1. The average molecular weight is 385 g/mol. The van der Waals surface area contributed by atoms with Crippen molar-refractivity contribution in [1.29, 1.82) is 5.26 Å². The Balaban J connectivity index is 1.93. The SMILES string of the molecule is N#Cc1ccc(N2CCCC(c3cc([N+](=O)[O-])ccc3OC(=O)O)C2)c(F)c1. The van der Waals surface area contributed by atoms with E-state index in [1.807, 2.05) is 6.07 Å². The number of nitro groups is 1. The number of nitro benzene ring substituents is 1. The van der Waals surface area contributed by atoms with Gasteiger partial charge in [-0.05, 0) is 37.1 Å². The first-order valence-electron chi connectivity index (χ1n) is 8.52. The number of nitrogens with zero attached hydrogens (tertiary/aromatic N) is 3. The maximum absolute atomic E-state index is 14.4. The molecule has 0 bridgehead atoms. The van der Waals surface area contributed by atoms with E-state index in [0.29, 0.717) is 37.2 Å². The lowest BCUT2D eigenvalue weighted by Gasteiger charge is -2.35. The van der Waals surface area contributed by atoms with Crippen LogP contribution in [-0.2, 0) is 0 Å². The third-order valence-electron chi connectivity index (χ3n) is 4.68. The van der Waals surface area contributed by atoms with Crippen LogP contribution in [0.25, 0.3) is 0 Å². The summed E-state index contributed by atoms with van der Waals surface area (Å²) in [6.07, 6.45) is -0.189. The van der Waals surface area contributed by atoms with E-state index in [2.05, 4.69) is 0 Å². The Bertz CT molecular complexity index is 973. The Morgan fingerprint density at radius 3 is 2.79 bits per heavy atom. The van der Waals surface area contributed by atoms with Crippen molar-refractivity contribution < 1.29 is 24.0 Å². The van der Waals surface area contributed by atoms with Gasteiger partial charge in [0.1, 0.15) is 11.6 Å². The minimum Gasteiger partial charge on any atom is -0.449 e. The minimum atomic E-state index is -1.51. The Morgan fingerprint density at radius 2 is 2.14 bits per heavy atom. The van der Waals surface area contributed by atoms with Crippen molar-refractivity contribution in [3.05, 3.63) is 63.5 Å². The zero-order chi connectivity index (χ0) is 20.3. The summed E-state index contributed by atoms with van der Waals surface area (Å²) >= 11 is 0. The summed E-state index contributed by atoms with van der Waals surface area (Å²) in [7, 11) is 0. The van der Waals surface area contributed by atoms with Gasteiger partial charge in [-0.25, -0.2) is 9.18 Å². The Kier molecular flexibility index (Phi) is 5.40. The summed E-state index contributed by atoms with van der Waals surface area (Å²) in [5, 5.41) is 28.9. The fourth-order valence-electron chi connectivity index (χ4n) is 3.44. The predicted octanol–water partition coefficient (Wildman–Crippen LogP) is 4.05. The van der Waals surface area contributed by atoms with E-state index in [0.717, 1.165) is 6.07 Å². The number of hydrogen-bond acceptors (Lipinski definition) is 6. The molecule has 0 radical (unpaired) electrons. The summed E-state index contributed by atoms with van der Waals surface area (Å²) in [5.74, 6) is -0.774. The van der Waals surface area contributed by atoms with Gasteiger partial charge in [-0.1, -0.05) is 0 Å². The lowest BCUT2D eigenvalue weighted by Crippen LogP contribution is -2.35. The second kappa shape index (κ2) is 7.92. The number of carbonyl (C=O) groups is 1. The monoisotopic (exact) mass is 385 g/mol. The molecule has 1 aliphatic heterocycles. The van der Waals surface area contributed by atoms with Crippen LogP contribution < -0.4 is 9.64 Å². The molecule has 0 spiro atoms. The lowest BCUT2D eigenvalue weighted by molar-refractivity contribution is -0.385. The number of anilines is 1. The third kappa shape index (κ3) is 4.01. The van der Waals surface area contributed by atoms with Crippen LogP contribution in [0.5, 0.6) is 5.75 Å². The first-order valence-corrected chi connectivity index (χ1v) is 8.52. The highest BCUT2D eigenvalue weighted by molar-refractivity contribution is 5.63. The van der Waals surface area contributed by atoms with Gasteiger partial charge in [0.15, 0.2) is 0 Å². The first-order chi connectivity index (χ1) is 13.4. The predicted molar refractivity (Wildman–Crippen MR) is 97.1 cm³/mol. The molecule has 0 aliphatic carbocycles. The van der Waals surface area contributed by atoms with Crippen LogP contribution in [0, 0.1) is 27.3 Å². The quantitative estimate of drug-likeness (QED) is 0.365. The Labute approximate surface area is 159 Å². The zero-order valence-electron chi connectivity index (χ0n) is 14.7. The van der Waals surface area contributed by atoms with Crippen LogP contribution in [0.15, 0.2) is 36.4 Å². The van der Waals surface area contributed by atoms with Crippen LogP contribution in [0.3, 0.4) is 0 Å². The second-order valence-electron chi connectivity index (χ2n) is 6.41. The van der Waals surface area contributed by atoms with E-state index in [1.165, 1.54) is 30.3 Å². The van der Waals surface area contributed by atoms with E-state index < -0.39 is 16.9 Å². The van der Waals surface area contributed by atoms with Gasteiger partial charge in [0.05, 0.1) is 22.2 Å². The number of non-ortho nitro benzene ring substituents is 1. The lowest BCUT2D eigenvalue weighted by atomic mass is 9.89. The van der Waals surface area contributed by atoms with Crippen molar-refractivity contribution in [2.75, 3.05) is 18.0 Å².